The monoisotopic (exact) mass is 344 g/mol. The molecular weight excluding hydrogens is 320 g/mol. The number of likely N-dealkylation sites (tertiary alicyclic amines) is 1. The highest BCUT2D eigenvalue weighted by Gasteiger charge is 2.26. The third-order valence-electron chi connectivity index (χ3n) is 4.52. The van der Waals surface area contributed by atoms with Gasteiger partial charge in [-0.1, -0.05) is 0 Å². The van der Waals surface area contributed by atoms with Gasteiger partial charge in [0, 0.05) is 18.2 Å². The number of carbonyl (C=O) groups is 1. The Morgan fingerprint density at radius 1 is 1.20 bits per heavy atom. The average molecular weight is 344 g/mol. The van der Waals surface area contributed by atoms with Gasteiger partial charge in [0.2, 0.25) is 0 Å². The second-order valence-corrected chi connectivity index (χ2v) is 6.09. The van der Waals surface area contributed by atoms with Gasteiger partial charge in [0.1, 0.15) is 17.3 Å². The summed E-state index contributed by atoms with van der Waals surface area (Å²) < 4.78 is 16.0. The molecule has 6 heteroatoms. The zero-order valence-electron chi connectivity index (χ0n) is 14.7. The molecule has 1 fully saturated rings. The van der Waals surface area contributed by atoms with Crippen LogP contribution in [-0.4, -0.2) is 44.7 Å². The molecule has 1 saturated heterocycles. The number of rotatable bonds is 7. The summed E-state index contributed by atoms with van der Waals surface area (Å²) in [5.74, 6) is 1.90. The van der Waals surface area contributed by atoms with Crippen molar-refractivity contribution in [3.05, 3.63) is 47.9 Å². The number of hydrogen-bond donors (Lipinski definition) is 1. The van der Waals surface area contributed by atoms with E-state index in [1.807, 2.05) is 12.1 Å². The highest BCUT2D eigenvalue weighted by Crippen LogP contribution is 2.26. The molecule has 1 aromatic carbocycles. The van der Waals surface area contributed by atoms with E-state index in [9.17, 15) is 4.79 Å². The van der Waals surface area contributed by atoms with Crippen LogP contribution in [0, 0.1) is 0 Å². The molecule has 3 rings (SSSR count). The van der Waals surface area contributed by atoms with E-state index in [0.29, 0.717) is 23.6 Å². The van der Waals surface area contributed by atoms with E-state index in [2.05, 4.69) is 10.2 Å². The van der Waals surface area contributed by atoms with Crippen LogP contribution in [0.4, 0.5) is 0 Å². The summed E-state index contributed by atoms with van der Waals surface area (Å²) in [6.07, 6.45) is 4.03. The number of nitrogens with zero attached hydrogens (tertiary/aromatic N) is 1. The summed E-state index contributed by atoms with van der Waals surface area (Å²) in [4.78, 5) is 15.0. The summed E-state index contributed by atoms with van der Waals surface area (Å²) >= 11 is 0. The molecular formula is C19H24N2O4. The molecule has 0 aliphatic carbocycles. The molecule has 1 aliphatic rings. The maximum atomic E-state index is 12.6. The van der Waals surface area contributed by atoms with Crippen molar-refractivity contribution in [3.63, 3.8) is 0 Å². The molecule has 2 aromatic rings. The number of furan rings is 1. The third kappa shape index (κ3) is 4.14. The Bertz CT molecular complexity index is 671. The first-order valence-corrected chi connectivity index (χ1v) is 8.50. The molecule has 25 heavy (non-hydrogen) atoms. The SMILES string of the molecule is COc1cc(OC)cc(C(=O)NC[C@@H](c2ccco2)N2CCCC2)c1. The maximum Gasteiger partial charge on any atom is 0.251 e. The van der Waals surface area contributed by atoms with Crippen molar-refractivity contribution in [2.24, 2.45) is 0 Å². The fraction of sp³-hybridized carbons (Fsp3) is 0.421. The number of carbonyl (C=O) groups excluding carboxylic acids is 1. The standard InChI is InChI=1S/C19H24N2O4/c1-23-15-10-14(11-16(12-15)24-2)19(22)20-13-17(18-6-5-9-25-18)21-7-3-4-8-21/h5-6,9-12,17H,3-4,7-8,13H2,1-2H3,(H,20,22)/t17-/m0/s1. The van der Waals surface area contributed by atoms with Gasteiger partial charge in [0.25, 0.3) is 5.91 Å². The minimum absolute atomic E-state index is 0.0500. The van der Waals surface area contributed by atoms with Crippen molar-refractivity contribution in [2.75, 3.05) is 33.9 Å². The van der Waals surface area contributed by atoms with Crippen LogP contribution in [0.2, 0.25) is 0 Å². The van der Waals surface area contributed by atoms with Crippen LogP contribution in [0.1, 0.15) is 35.0 Å². The first-order chi connectivity index (χ1) is 12.2. The van der Waals surface area contributed by atoms with E-state index in [1.54, 1.807) is 38.7 Å². The summed E-state index contributed by atoms with van der Waals surface area (Å²) in [6.45, 7) is 2.54. The van der Waals surface area contributed by atoms with Gasteiger partial charge in [-0.25, -0.2) is 0 Å². The number of hydrogen-bond acceptors (Lipinski definition) is 5. The number of ether oxygens (including phenoxy) is 2. The molecule has 1 amide bonds. The van der Waals surface area contributed by atoms with Gasteiger partial charge in [0.15, 0.2) is 0 Å². The van der Waals surface area contributed by atoms with E-state index in [-0.39, 0.29) is 11.9 Å². The molecule has 1 aliphatic heterocycles. The summed E-state index contributed by atoms with van der Waals surface area (Å²) in [7, 11) is 3.13. The number of methoxy groups -OCH3 is 2. The van der Waals surface area contributed by atoms with E-state index >= 15 is 0 Å². The van der Waals surface area contributed by atoms with Gasteiger partial charge in [-0.3, -0.25) is 9.69 Å². The molecule has 0 spiro atoms. The molecule has 0 saturated carbocycles. The predicted molar refractivity (Wildman–Crippen MR) is 94.1 cm³/mol. The fourth-order valence-corrected chi connectivity index (χ4v) is 3.17. The largest absolute Gasteiger partial charge is 0.497 e. The van der Waals surface area contributed by atoms with E-state index in [0.717, 1.165) is 18.8 Å². The molecule has 134 valence electrons. The summed E-state index contributed by atoms with van der Waals surface area (Å²) in [5.41, 5.74) is 0.510. The van der Waals surface area contributed by atoms with Crippen molar-refractivity contribution >= 4 is 5.91 Å². The zero-order valence-corrected chi connectivity index (χ0v) is 14.7. The Labute approximate surface area is 147 Å². The van der Waals surface area contributed by atoms with Crippen molar-refractivity contribution in [2.45, 2.75) is 18.9 Å². The topological polar surface area (TPSA) is 63.9 Å². The second kappa shape index (κ2) is 8.07. The van der Waals surface area contributed by atoms with Gasteiger partial charge in [-0.2, -0.15) is 0 Å². The normalized spacial score (nSPS) is 15.8. The van der Waals surface area contributed by atoms with E-state index in [1.165, 1.54) is 12.8 Å². The number of amides is 1. The maximum absolute atomic E-state index is 12.6. The van der Waals surface area contributed by atoms with Gasteiger partial charge in [0.05, 0.1) is 26.5 Å². The van der Waals surface area contributed by atoms with E-state index < -0.39 is 0 Å². The Kier molecular flexibility index (Phi) is 5.60. The minimum Gasteiger partial charge on any atom is -0.497 e. The molecule has 0 radical (unpaired) electrons. The van der Waals surface area contributed by atoms with Crippen molar-refractivity contribution in [1.82, 2.24) is 10.2 Å². The number of benzene rings is 1. The summed E-state index contributed by atoms with van der Waals surface area (Å²) in [5, 5.41) is 3.02. The first-order valence-electron chi connectivity index (χ1n) is 8.50. The molecule has 1 aromatic heterocycles. The summed E-state index contributed by atoms with van der Waals surface area (Å²) in [6, 6.07) is 9.04. The zero-order chi connectivity index (χ0) is 17.6. The highest BCUT2D eigenvalue weighted by molar-refractivity contribution is 5.95. The van der Waals surface area contributed by atoms with Crippen LogP contribution in [0.15, 0.2) is 41.0 Å². The van der Waals surface area contributed by atoms with Crippen molar-refractivity contribution in [1.29, 1.82) is 0 Å². The Morgan fingerprint density at radius 2 is 1.88 bits per heavy atom. The third-order valence-corrected chi connectivity index (χ3v) is 4.52. The van der Waals surface area contributed by atoms with Crippen LogP contribution in [0.25, 0.3) is 0 Å². The molecule has 1 N–H and O–H groups in total. The second-order valence-electron chi connectivity index (χ2n) is 6.09. The van der Waals surface area contributed by atoms with Gasteiger partial charge in [-0.15, -0.1) is 0 Å². The lowest BCUT2D eigenvalue weighted by molar-refractivity contribution is 0.0933. The lowest BCUT2D eigenvalue weighted by Gasteiger charge is -2.26. The van der Waals surface area contributed by atoms with Gasteiger partial charge >= 0.3 is 0 Å². The fourth-order valence-electron chi connectivity index (χ4n) is 3.17. The lowest BCUT2D eigenvalue weighted by Crippen LogP contribution is -2.36. The van der Waals surface area contributed by atoms with Crippen LogP contribution in [0.3, 0.4) is 0 Å². The van der Waals surface area contributed by atoms with Crippen LogP contribution in [-0.2, 0) is 0 Å². The first kappa shape index (κ1) is 17.4. The Hall–Kier alpha value is -2.47. The van der Waals surface area contributed by atoms with Crippen LogP contribution < -0.4 is 14.8 Å². The van der Waals surface area contributed by atoms with Crippen LogP contribution >= 0.6 is 0 Å². The van der Waals surface area contributed by atoms with Crippen LogP contribution in [0.5, 0.6) is 11.5 Å². The lowest BCUT2D eigenvalue weighted by atomic mass is 10.1. The highest BCUT2D eigenvalue weighted by atomic mass is 16.5. The molecule has 1 atom stereocenters. The minimum atomic E-state index is -0.159. The Balaban J connectivity index is 1.71. The smallest absolute Gasteiger partial charge is 0.251 e. The molecule has 0 bridgehead atoms. The molecule has 2 heterocycles. The Morgan fingerprint density at radius 3 is 2.44 bits per heavy atom. The molecule has 6 nitrogen and oxygen atoms in total. The van der Waals surface area contributed by atoms with Crippen molar-refractivity contribution < 1.29 is 18.7 Å². The van der Waals surface area contributed by atoms with E-state index in [4.69, 9.17) is 13.9 Å². The quantitative estimate of drug-likeness (QED) is 0.837. The van der Waals surface area contributed by atoms with Gasteiger partial charge < -0.3 is 19.2 Å². The van der Waals surface area contributed by atoms with Crippen molar-refractivity contribution in [3.8, 4) is 11.5 Å². The predicted octanol–water partition coefficient (Wildman–Crippen LogP) is 2.86. The number of nitrogens with one attached hydrogen (secondary N) is 1. The average Bonchev–Trinajstić information content (AvgIpc) is 3.35. The molecule has 0 unspecified atom stereocenters. The van der Waals surface area contributed by atoms with Gasteiger partial charge in [-0.05, 0) is 50.2 Å².